The van der Waals surface area contributed by atoms with E-state index in [4.69, 9.17) is 5.26 Å². The van der Waals surface area contributed by atoms with E-state index in [-0.39, 0.29) is 5.82 Å². The van der Waals surface area contributed by atoms with Crippen molar-refractivity contribution in [2.75, 3.05) is 0 Å². The smallest absolute Gasteiger partial charge is 0.166 e. The van der Waals surface area contributed by atoms with Crippen LogP contribution in [0.4, 0.5) is 4.39 Å². The van der Waals surface area contributed by atoms with E-state index >= 15 is 0 Å². The molecule has 0 bridgehead atoms. The summed E-state index contributed by atoms with van der Waals surface area (Å²) in [7, 11) is 0. The number of rotatable bonds is 3. The highest BCUT2D eigenvalue weighted by molar-refractivity contribution is 7.98. The molecule has 5 heteroatoms. The van der Waals surface area contributed by atoms with Crippen LogP contribution in [0, 0.1) is 17.1 Å². The van der Waals surface area contributed by atoms with Gasteiger partial charge in [0.25, 0.3) is 0 Å². The molecule has 98 valence electrons. The number of hydrogen-bond donors (Lipinski definition) is 1. The molecule has 0 aliphatic rings. The fourth-order valence-electron chi connectivity index (χ4n) is 1.95. The molecule has 0 spiro atoms. The van der Waals surface area contributed by atoms with Crippen LogP contribution in [0.2, 0.25) is 0 Å². The number of aromatic nitrogens is 2. The Labute approximate surface area is 119 Å². The zero-order chi connectivity index (χ0) is 13.9. The lowest BCUT2D eigenvalue weighted by molar-refractivity contribution is 0.626. The van der Waals surface area contributed by atoms with Crippen molar-refractivity contribution in [1.82, 2.24) is 9.97 Å². The standard InChI is InChI=1S/C15H10FN3S/c16-12-6-10(8-17)5-11(7-12)9-20-15-18-13-3-1-2-4-14(13)19-15/h1-7H,9H2,(H,18,19). The van der Waals surface area contributed by atoms with Gasteiger partial charge in [-0.3, -0.25) is 0 Å². The van der Waals surface area contributed by atoms with Crippen molar-refractivity contribution < 1.29 is 4.39 Å². The van der Waals surface area contributed by atoms with Gasteiger partial charge in [0.05, 0.1) is 22.7 Å². The summed E-state index contributed by atoms with van der Waals surface area (Å²) in [6, 6.07) is 14.1. The van der Waals surface area contributed by atoms with Crippen molar-refractivity contribution in [3.8, 4) is 6.07 Å². The molecular formula is C15H10FN3S. The molecular weight excluding hydrogens is 273 g/mol. The maximum absolute atomic E-state index is 13.3. The summed E-state index contributed by atoms with van der Waals surface area (Å²) < 4.78 is 13.3. The van der Waals surface area contributed by atoms with Crippen LogP contribution in [0.3, 0.4) is 0 Å². The normalized spacial score (nSPS) is 10.6. The lowest BCUT2D eigenvalue weighted by atomic mass is 10.1. The molecule has 20 heavy (non-hydrogen) atoms. The summed E-state index contributed by atoms with van der Waals surface area (Å²) in [6.45, 7) is 0. The Hall–Kier alpha value is -2.32. The van der Waals surface area contributed by atoms with Crippen molar-refractivity contribution in [2.45, 2.75) is 10.9 Å². The van der Waals surface area contributed by atoms with Gasteiger partial charge in [-0.2, -0.15) is 5.26 Å². The number of nitriles is 1. The van der Waals surface area contributed by atoms with Gasteiger partial charge in [-0.25, -0.2) is 9.37 Å². The molecule has 1 heterocycles. The number of aromatic amines is 1. The molecule has 0 radical (unpaired) electrons. The molecule has 0 atom stereocenters. The summed E-state index contributed by atoms with van der Waals surface area (Å²) in [5.74, 6) is 0.177. The largest absolute Gasteiger partial charge is 0.333 e. The summed E-state index contributed by atoms with van der Waals surface area (Å²) in [6.07, 6.45) is 0. The highest BCUT2D eigenvalue weighted by atomic mass is 32.2. The van der Waals surface area contributed by atoms with Crippen molar-refractivity contribution in [2.24, 2.45) is 0 Å². The Balaban J connectivity index is 1.79. The quantitative estimate of drug-likeness (QED) is 0.742. The van der Waals surface area contributed by atoms with Crippen LogP contribution in [0.1, 0.15) is 11.1 Å². The van der Waals surface area contributed by atoms with Crippen LogP contribution in [-0.2, 0) is 5.75 Å². The van der Waals surface area contributed by atoms with Crippen LogP contribution in [-0.4, -0.2) is 9.97 Å². The number of halogens is 1. The molecule has 0 fully saturated rings. The van der Waals surface area contributed by atoms with Gasteiger partial charge in [0, 0.05) is 5.75 Å². The monoisotopic (exact) mass is 283 g/mol. The lowest BCUT2D eigenvalue weighted by Crippen LogP contribution is -1.87. The highest BCUT2D eigenvalue weighted by Crippen LogP contribution is 2.23. The SMILES string of the molecule is N#Cc1cc(F)cc(CSc2nc3ccccc3[nH]2)c1. The number of hydrogen-bond acceptors (Lipinski definition) is 3. The molecule has 0 unspecified atom stereocenters. The molecule has 1 aromatic heterocycles. The minimum atomic E-state index is -0.385. The molecule has 3 nitrogen and oxygen atoms in total. The van der Waals surface area contributed by atoms with E-state index in [1.54, 1.807) is 6.07 Å². The third-order valence-electron chi connectivity index (χ3n) is 2.83. The Morgan fingerprint density at radius 1 is 1.25 bits per heavy atom. The van der Waals surface area contributed by atoms with Crippen LogP contribution in [0.5, 0.6) is 0 Å². The second-order valence-corrected chi connectivity index (χ2v) is 5.27. The first-order valence-electron chi connectivity index (χ1n) is 6.02. The molecule has 2 aromatic carbocycles. The van der Waals surface area contributed by atoms with Gasteiger partial charge in [-0.05, 0) is 35.9 Å². The first-order chi connectivity index (χ1) is 9.74. The maximum atomic E-state index is 13.3. The van der Waals surface area contributed by atoms with Crippen molar-refractivity contribution in [1.29, 1.82) is 5.26 Å². The van der Waals surface area contributed by atoms with Gasteiger partial charge in [-0.15, -0.1) is 0 Å². The maximum Gasteiger partial charge on any atom is 0.166 e. The Kier molecular flexibility index (Phi) is 3.40. The van der Waals surface area contributed by atoms with E-state index in [0.717, 1.165) is 21.8 Å². The predicted octanol–water partition coefficient (Wildman–Crippen LogP) is 3.87. The Morgan fingerprint density at radius 2 is 2.10 bits per heavy atom. The molecule has 0 saturated heterocycles. The van der Waals surface area contributed by atoms with Gasteiger partial charge in [0.15, 0.2) is 5.16 Å². The second-order valence-electron chi connectivity index (χ2n) is 4.31. The number of thioether (sulfide) groups is 1. The zero-order valence-electron chi connectivity index (χ0n) is 10.4. The number of imidazole rings is 1. The molecule has 1 N–H and O–H groups in total. The van der Waals surface area contributed by atoms with Gasteiger partial charge >= 0.3 is 0 Å². The van der Waals surface area contributed by atoms with E-state index < -0.39 is 0 Å². The topological polar surface area (TPSA) is 52.5 Å². The summed E-state index contributed by atoms with van der Waals surface area (Å²) in [5.41, 5.74) is 3.00. The average Bonchev–Trinajstić information content (AvgIpc) is 2.87. The second kappa shape index (κ2) is 5.35. The van der Waals surface area contributed by atoms with E-state index in [9.17, 15) is 4.39 Å². The molecule has 0 saturated carbocycles. The molecule has 0 aliphatic carbocycles. The minimum absolute atomic E-state index is 0.338. The van der Waals surface area contributed by atoms with Crippen LogP contribution in [0.15, 0.2) is 47.6 Å². The molecule has 0 amide bonds. The van der Waals surface area contributed by atoms with Crippen molar-refractivity contribution in [3.63, 3.8) is 0 Å². The number of para-hydroxylation sites is 2. The first-order valence-corrected chi connectivity index (χ1v) is 7.00. The molecule has 3 aromatic rings. The lowest BCUT2D eigenvalue weighted by Gasteiger charge is -2.00. The fourth-order valence-corrected chi connectivity index (χ4v) is 2.76. The average molecular weight is 283 g/mol. The van der Waals surface area contributed by atoms with Gasteiger partial charge in [0.1, 0.15) is 5.82 Å². The first kappa shape index (κ1) is 12.7. The third kappa shape index (κ3) is 2.65. The Bertz CT molecular complexity index is 771. The fraction of sp³-hybridized carbons (Fsp3) is 0.0667. The van der Waals surface area contributed by atoms with Crippen LogP contribution < -0.4 is 0 Å². The molecule has 3 rings (SSSR count). The van der Waals surface area contributed by atoms with E-state index in [2.05, 4.69) is 9.97 Å². The van der Waals surface area contributed by atoms with Crippen LogP contribution in [0.25, 0.3) is 11.0 Å². The summed E-state index contributed by atoms with van der Waals surface area (Å²) >= 11 is 1.48. The highest BCUT2D eigenvalue weighted by Gasteiger charge is 2.05. The number of fused-ring (bicyclic) bond motifs is 1. The number of nitrogens with one attached hydrogen (secondary N) is 1. The number of benzene rings is 2. The summed E-state index contributed by atoms with van der Waals surface area (Å²) in [4.78, 5) is 7.64. The predicted molar refractivity (Wildman–Crippen MR) is 76.8 cm³/mol. The minimum Gasteiger partial charge on any atom is -0.333 e. The van der Waals surface area contributed by atoms with Gasteiger partial charge in [0.2, 0.25) is 0 Å². The third-order valence-corrected chi connectivity index (χ3v) is 3.77. The summed E-state index contributed by atoms with van der Waals surface area (Å²) in [5, 5.41) is 9.61. The Morgan fingerprint density at radius 3 is 2.90 bits per heavy atom. The van der Waals surface area contributed by atoms with E-state index in [1.165, 1.54) is 23.9 Å². The van der Waals surface area contributed by atoms with Gasteiger partial charge < -0.3 is 4.98 Å². The zero-order valence-corrected chi connectivity index (χ0v) is 11.2. The van der Waals surface area contributed by atoms with Crippen molar-refractivity contribution >= 4 is 22.8 Å². The van der Waals surface area contributed by atoms with Crippen LogP contribution >= 0.6 is 11.8 Å². The van der Waals surface area contributed by atoms with Gasteiger partial charge in [-0.1, -0.05) is 23.9 Å². The van der Waals surface area contributed by atoms with E-state index in [1.807, 2.05) is 30.3 Å². The van der Waals surface area contributed by atoms with E-state index in [0.29, 0.717) is 11.3 Å². The number of nitrogens with zero attached hydrogens (tertiary/aromatic N) is 2. The number of H-pyrrole nitrogens is 1. The molecule has 0 aliphatic heterocycles. The van der Waals surface area contributed by atoms with Crippen molar-refractivity contribution in [3.05, 3.63) is 59.4 Å².